The Morgan fingerprint density at radius 3 is 2.94 bits per heavy atom. The van der Waals surface area contributed by atoms with Gasteiger partial charge in [0.2, 0.25) is 5.88 Å². The van der Waals surface area contributed by atoms with E-state index in [2.05, 4.69) is 20.6 Å². The van der Waals surface area contributed by atoms with Gasteiger partial charge in [-0.3, -0.25) is 0 Å². The van der Waals surface area contributed by atoms with Crippen LogP contribution in [0.25, 0.3) is 22.5 Å². The van der Waals surface area contributed by atoms with Crippen LogP contribution in [-0.4, -0.2) is 20.6 Å². The first-order valence-corrected chi connectivity index (χ1v) is 5.50. The van der Waals surface area contributed by atoms with Gasteiger partial charge in [0.1, 0.15) is 11.4 Å². The zero-order chi connectivity index (χ0) is 12.5. The molecule has 7 heteroatoms. The number of nitrogen functional groups attached to an aromatic ring is 1. The lowest BCUT2D eigenvalue weighted by Gasteiger charge is -2.00. The van der Waals surface area contributed by atoms with Gasteiger partial charge >= 0.3 is 0 Å². The van der Waals surface area contributed by atoms with E-state index in [1.165, 1.54) is 0 Å². The summed E-state index contributed by atoms with van der Waals surface area (Å²) in [7, 11) is 0. The summed E-state index contributed by atoms with van der Waals surface area (Å²) in [6.07, 6.45) is 1.55. The smallest absolute Gasteiger partial charge is 0.230 e. The maximum Gasteiger partial charge on any atom is 0.230 e. The molecule has 0 aliphatic carbocycles. The normalized spacial score (nSPS) is 10.7. The van der Waals surface area contributed by atoms with Crippen molar-refractivity contribution in [3.63, 3.8) is 0 Å². The van der Waals surface area contributed by atoms with Gasteiger partial charge in [0.15, 0.2) is 0 Å². The van der Waals surface area contributed by atoms with E-state index in [1.807, 2.05) is 12.1 Å². The molecule has 0 aliphatic heterocycles. The van der Waals surface area contributed by atoms with Crippen molar-refractivity contribution in [3.8, 4) is 22.5 Å². The maximum absolute atomic E-state index is 5.97. The summed E-state index contributed by atoms with van der Waals surface area (Å²) >= 11 is 5.97. The van der Waals surface area contributed by atoms with Gasteiger partial charge in [0.05, 0.1) is 11.8 Å². The summed E-state index contributed by atoms with van der Waals surface area (Å²) in [6, 6.07) is 7.27. The second kappa shape index (κ2) is 4.15. The highest BCUT2D eigenvalue weighted by atomic mass is 35.5. The maximum atomic E-state index is 5.97. The van der Waals surface area contributed by atoms with Gasteiger partial charge < -0.3 is 10.3 Å². The molecule has 2 heterocycles. The van der Waals surface area contributed by atoms with Gasteiger partial charge in [0, 0.05) is 5.02 Å². The van der Waals surface area contributed by atoms with Crippen LogP contribution < -0.4 is 5.73 Å². The lowest BCUT2D eigenvalue weighted by atomic mass is 10.0. The van der Waals surface area contributed by atoms with Crippen molar-refractivity contribution in [2.24, 2.45) is 0 Å². The molecule has 3 N–H and O–H groups in total. The molecule has 1 aromatic carbocycles. The first-order chi connectivity index (χ1) is 8.75. The van der Waals surface area contributed by atoms with Crippen LogP contribution >= 0.6 is 11.6 Å². The summed E-state index contributed by atoms with van der Waals surface area (Å²) in [4.78, 5) is 0. The molecular formula is C11H8ClN5O. The monoisotopic (exact) mass is 261 g/mol. The second-order valence-corrected chi connectivity index (χ2v) is 4.07. The predicted octanol–water partition coefficient (Wildman–Crippen LogP) is 2.36. The number of nitrogens with two attached hydrogens (primary N) is 1. The van der Waals surface area contributed by atoms with Gasteiger partial charge in [-0.1, -0.05) is 28.9 Å². The lowest BCUT2D eigenvalue weighted by molar-refractivity contribution is 0.439. The van der Waals surface area contributed by atoms with Crippen LogP contribution in [0.5, 0.6) is 0 Å². The third-order valence-corrected chi connectivity index (χ3v) is 2.72. The number of halogens is 1. The van der Waals surface area contributed by atoms with Crippen LogP contribution in [0.1, 0.15) is 0 Å². The molecule has 0 amide bonds. The number of hydrogen-bond donors (Lipinski definition) is 2. The number of aromatic nitrogens is 4. The average molecular weight is 262 g/mol. The topological polar surface area (TPSA) is 93.6 Å². The number of hydrogen-bond acceptors (Lipinski definition) is 5. The van der Waals surface area contributed by atoms with E-state index >= 15 is 0 Å². The Morgan fingerprint density at radius 1 is 1.33 bits per heavy atom. The Hall–Kier alpha value is -2.34. The standard InChI is InChI=1S/C11H8ClN5O/c12-7-3-1-2-6(4-7)9-10(16-18-11(9)13)8-5-14-17-15-8/h1-5H,13H2,(H,14,15,17). The molecule has 6 nitrogen and oxygen atoms in total. The highest BCUT2D eigenvalue weighted by Gasteiger charge is 2.19. The minimum absolute atomic E-state index is 0.218. The molecule has 0 aliphatic rings. The van der Waals surface area contributed by atoms with Crippen molar-refractivity contribution >= 4 is 17.5 Å². The Morgan fingerprint density at radius 2 is 2.22 bits per heavy atom. The largest absolute Gasteiger partial charge is 0.367 e. The summed E-state index contributed by atoms with van der Waals surface area (Å²) in [5.74, 6) is 0.218. The molecule has 18 heavy (non-hydrogen) atoms. The van der Waals surface area contributed by atoms with Crippen LogP contribution in [-0.2, 0) is 0 Å². The summed E-state index contributed by atoms with van der Waals surface area (Å²) in [5.41, 5.74) is 8.37. The molecule has 90 valence electrons. The first kappa shape index (κ1) is 10.8. The molecule has 0 fully saturated rings. The molecule has 3 aromatic rings. The van der Waals surface area contributed by atoms with E-state index in [9.17, 15) is 0 Å². The molecule has 0 saturated carbocycles. The number of H-pyrrole nitrogens is 1. The van der Waals surface area contributed by atoms with E-state index < -0.39 is 0 Å². The molecule has 0 spiro atoms. The van der Waals surface area contributed by atoms with Gasteiger partial charge in [0.25, 0.3) is 0 Å². The van der Waals surface area contributed by atoms with E-state index in [1.54, 1.807) is 18.3 Å². The van der Waals surface area contributed by atoms with Crippen LogP contribution in [0.4, 0.5) is 5.88 Å². The summed E-state index contributed by atoms with van der Waals surface area (Å²) in [6.45, 7) is 0. The van der Waals surface area contributed by atoms with Crippen molar-refractivity contribution < 1.29 is 4.52 Å². The number of rotatable bonds is 2. The predicted molar refractivity (Wildman–Crippen MR) is 66.7 cm³/mol. The molecule has 0 saturated heterocycles. The van der Waals surface area contributed by atoms with Crippen molar-refractivity contribution in [3.05, 3.63) is 35.5 Å². The zero-order valence-electron chi connectivity index (χ0n) is 9.09. The van der Waals surface area contributed by atoms with Crippen molar-refractivity contribution in [1.82, 2.24) is 20.6 Å². The Kier molecular flexibility index (Phi) is 2.49. The zero-order valence-corrected chi connectivity index (χ0v) is 9.85. The quantitative estimate of drug-likeness (QED) is 0.738. The van der Waals surface area contributed by atoms with E-state index in [0.717, 1.165) is 5.56 Å². The van der Waals surface area contributed by atoms with Gasteiger partial charge in [-0.05, 0) is 17.7 Å². The van der Waals surface area contributed by atoms with Crippen LogP contribution in [0.15, 0.2) is 35.0 Å². The molecular weight excluding hydrogens is 254 g/mol. The number of aromatic amines is 1. The minimum Gasteiger partial charge on any atom is -0.367 e. The van der Waals surface area contributed by atoms with Crippen LogP contribution in [0.2, 0.25) is 5.02 Å². The molecule has 2 aromatic heterocycles. The second-order valence-electron chi connectivity index (χ2n) is 3.64. The molecule has 3 rings (SSSR count). The van der Waals surface area contributed by atoms with Crippen LogP contribution in [0, 0.1) is 0 Å². The minimum atomic E-state index is 0.218. The molecule has 0 atom stereocenters. The van der Waals surface area contributed by atoms with Crippen molar-refractivity contribution in [1.29, 1.82) is 0 Å². The van der Waals surface area contributed by atoms with E-state index in [-0.39, 0.29) is 5.88 Å². The van der Waals surface area contributed by atoms with Crippen molar-refractivity contribution in [2.75, 3.05) is 5.73 Å². The Balaban J connectivity index is 2.20. The fourth-order valence-electron chi connectivity index (χ4n) is 1.72. The number of nitrogens with one attached hydrogen (secondary N) is 1. The van der Waals surface area contributed by atoms with Crippen LogP contribution in [0.3, 0.4) is 0 Å². The Labute approximate surface area is 107 Å². The van der Waals surface area contributed by atoms with Gasteiger partial charge in [-0.2, -0.15) is 15.4 Å². The van der Waals surface area contributed by atoms with E-state index in [4.69, 9.17) is 21.9 Å². The highest BCUT2D eigenvalue weighted by Crippen LogP contribution is 2.35. The summed E-state index contributed by atoms with van der Waals surface area (Å²) < 4.78 is 5.02. The third kappa shape index (κ3) is 1.72. The van der Waals surface area contributed by atoms with Crippen molar-refractivity contribution in [2.45, 2.75) is 0 Å². The Bertz CT molecular complexity index is 677. The number of anilines is 1. The number of benzene rings is 1. The van der Waals surface area contributed by atoms with E-state index in [0.29, 0.717) is 22.0 Å². The van der Waals surface area contributed by atoms with Gasteiger partial charge in [-0.25, -0.2) is 0 Å². The SMILES string of the molecule is Nc1onc(-c2cn[nH]n2)c1-c1cccc(Cl)c1. The average Bonchev–Trinajstić information content (AvgIpc) is 2.97. The number of nitrogens with zero attached hydrogens (tertiary/aromatic N) is 3. The highest BCUT2D eigenvalue weighted by molar-refractivity contribution is 6.30. The lowest BCUT2D eigenvalue weighted by Crippen LogP contribution is -1.88. The summed E-state index contributed by atoms with van der Waals surface area (Å²) in [5, 5.41) is 14.7. The first-order valence-electron chi connectivity index (χ1n) is 5.13. The molecule has 0 unspecified atom stereocenters. The van der Waals surface area contributed by atoms with Gasteiger partial charge in [-0.15, -0.1) is 0 Å². The fraction of sp³-hybridized carbons (Fsp3) is 0. The molecule has 0 bridgehead atoms. The molecule has 0 radical (unpaired) electrons. The third-order valence-electron chi connectivity index (χ3n) is 2.49. The fourth-order valence-corrected chi connectivity index (χ4v) is 1.91.